The molecule has 0 unspecified atom stereocenters. The molecule has 0 aliphatic carbocycles. The van der Waals surface area contributed by atoms with Gasteiger partial charge in [0.25, 0.3) is 0 Å². The fourth-order valence-electron chi connectivity index (χ4n) is 2.41. The van der Waals surface area contributed by atoms with Gasteiger partial charge in [0.15, 0.2) is 0 Å². The van der Waals surface area contributed by atoms with Crippen LogP contribution in [0.2, 0.25) is 5.15 Å². The Balaban J connectivity index is 2.06. The van der Waals surface area contributed by atoms with Crippen LogP contribution in [0.3, 0.4) is 0 Å². The molecule has 0 radical (unpaired) electrons. The summed E-state index contributed by atoms with van der Waals surface area (Å²) in [4.78, 5) is 10.8. The van der Waals surface area contributed by atoms with Crippen molar-refractivity contribution in [2.75, 3.05) is 11.4 Å². The van der Waals surface area contributed by atoms with Gasteiger partial charge in [0.05, 0.1) is 0 Å². The van der Waals surface area contributed by atoms with Crippen LogP contribution in [0.4, 0.5) is 15.9 Å². The highest BCUT2D eigenvalue weighted by Crippen LogP contribution is 2.35. The summed E-state index contributed by atoms with van der Waals surface area (Å²) in [6.07, 6.45) is 0.883. The molecule has 3 nitrogen and oxygen atoms in total. The van der Waals surface area contributed by atoms with Gasteiger partial charge in [0.1, 0.15) is 22.6 Å². The normalized spacial score (nSPS) is 13.9. The maximum atomic E-state index is 13.5. The smallest absolute Gasteiger partial charge is 0.138 e. The van der Waals surface area contributed by atoms with E-state index in [1.165, 1.54) is 6.07 Å². The monoisotopic (exact) mass is 291 g/mol. The van der Waals surface area contributed by atoms with Crippen molar-refractivity contribution in [3.05, 3.63) is 46.6 Å². The van der Waals surface area contributed by atoms with Crippen molar-refractivity contribution in [1.82, 2.24) is 9.97 Å². The third-order valence-corrected chi connectivity index (χ3v) is 3.63. The lowest BCUT2D eigenvalue weighted by molar-refractivity contribution is 0.628. The van der Waals surface area contributed by atoms with Crippen LogP contribution in [0, 0.1) is 5.82 Å². The van der Waals surface area contributed by atoms with Crippen molar-refractivity contribution in [3.63, 3.8) is 0 Å². The lowest BCUT2D eigenvalue weighted by Crippen LogP contribution is -2.16. The first kappa shape index (κ1) is 13.3. The molecule has 0 atom stereocenters. The number of aromatic nitrogens is 2. The second-order valence-electron chi connectivity index (χ2n) is 5.24. The minimum Gasteiger partial charge on any atom is -0.326 e. The van der Waals surface area contributed by atoms with Crippen molar-refractivity contribution in [1.29, 1.82) is 0 Å². The zero-order valence-corrected chi connectivity index (χ0v) is 12.2. The molecule has 0 saturated heterocycles. The Morgan fingerprint density at radius 2 is 2.05 bits per heavy atom. The Morgan fingerprint density at radius 3 is 2.80 bits per heavy atom. The number of hydrogen-bond donors (Lipinski definition) is 0. The van der Waals surface area contributed by atoms with Gasteiger partial charge >= 0.3 is 0 Å². The molecule has 0 amide bonds. The Kier molecular flexibility index (Phi) is 3.34. The second-order valence-corrected chi connectivity index (χ2v) is 5.62. The highest BCUT2D eigenvalue weighted by atomic mass is 35.5. The van der Waals surface area contributed by atoms with Crippen LogP contribution in [0.25, 0.3) is 0 Å². The molecule has 2 heterocycles. The largest absolute Gasteiger partial charge is 0.326 e. The van der Waals surface area contributed by atoms with Crippen LogP contribution in [-0.2, 0) is 6.42 Å². The van der Waals surface area contributed by atoms with Gasteiger partial charge in [0.2, 0.25) is 0 Å². The fourth-order valence-corrected chi connectivity index (χ4v) is 2.59. The van der Waals surface area contributed by atoms with E-state index in [0.717, 1.165) is 30.0 Å². The van der Waals surface area contributed by atoms with Crippen LogP contribution in [0.15, 0.2) is 24.3 Å². The molecule has 0 bridgehead atoms. The minimum absolute atomic E-state index is 0.196. The second kappa shape index (κ2) is 5.02. The van der Waals surface area contributed by atoms with Gasteiger partial charge < -0.3 is 4.90 Å². The van der Waals surface area contributed by atoms with E-state index >= 15 is 0 Å². The summed E-state index contributed by atoms with van der Waals surface area (Å²) < 4.78 is 13.5. The molecule has 1 aromatic carbocycles. The summed E-state index contributed by atoms with van der Waals surface area (Å²) >= 11 is 6.08. The highest BCUT2D eigenvalue weighted by Gasteiger charge is 2.23. The van der Waals surface area contributed by atoms with Crippen molar-refractivity contribution in [3.8, 4) is 0 Å². The fraction of sp³-hybridized carbons (Fsp3) is 0.333. The molecule has 0 spiro atoms. The van der Waals surface area contributed by atoms with Crippen molar-refractivity contribution < 1.29 is 4.39 Å². The molecule has 3 rings (SSSR count). The van der Waals surface area contributed by atoms with Crippen LogP contribution in [0.5, 0.6) is 0 Å². The number of halogens is 2. The number of rotatable bonds is 2. The summed E-state index contributed by atoms with van der Waals surface area (Å²) in [7, 11) is 0. The SMILES string of the molecule is CC(C)c1nc(Cl)cc(N2CCc3ccc(F)cc32)n1. The summed E-state index contributed by atoms with van der Waals surface area (Å²) in [6.45, 7) is 4.82. The average Bonchev–Trinajstić information content (AvgIpc) is 2.80. The highest BCUT2D eigenvalue weighted by molar-refractivity contribution is 6.29. The summed E-state index contributed by atoms with van der Waals surface area (Å²) in [5.41, 5.74) is 2.00. The molecular weight excluding hydrogens is 277 g/mol. The van der Waals surface area contributed by atoms with E-state index in [2.05, 4.69) is 9.97 Å². The van der Waals surface area contributed by atoms with Crippen molar-refractivity contribution >= 4 is 23.1 Å². The lowest BCUT2D eigenvalue weighted by Gasteiger charge is -2.19. The predicted octanol–water partition coefficient (Wildman–Crippen LogP) is 4.09. The third-order valence-electron chi connectivity index (χ3n) is 3.43. The maximum absolute atomic E-state index is 13.5. The Hall–Kier alpha value is -1.68. The summed E-state index contributed by atoms with van der Waals surface area (Å²) in [6, 6.07) is 6.60. The molecule has 0 N–H and O–H groups in total. The zero-order chi connectivity index (χ0) is 14.3. The molecule has 1 aliphatic heterocycles. The average molecular weight is 292 g/mol. The molecule has 104 valence electrons. The first-order valence-corrected chi connectivity index (χ1v) is 7.03. The molecule has 5 heteroatoms. The Bertz CT molecular complexity index is 658. The molecule has 1 aliphatic rings. The number of nitrogens with zero attached hydrogens (tertiary/aromatic N) is 3. The summed E-state index contributed by atoms with van der Waals surface area (Å²) in [5.74, 6) is 1.40. The van der Waals surface area contributed by atoms with Gasteiger partial charge in [0, 0.05) is 24.2 Å². The molecule has 1 aromatic heterocycles. The topological polar surface area (TPSA) is 29.0 Å². The van der Waals surface area contributed by atoms with E-state index in [4.69, 9.17) is 11.6 Å². The Labute approximate surface area is 122 Å². The molecule has 2 aromatic rings. The minimum atomic E-state index is -0.236. The van der Waals surface area contributed by atoms with Crippen LogP contribution < -0.4 is 4.90 Å². The predicted molar refractivity (Wildman–Crippen MR) is 78.2 cm³/mol. The van der Waals surface area contributed by atoms with E-state index in [1.807, 2.05) is 24.8 Å². The lowest BCUT2D eigenvalue weighted by atomic mass is 10.2. The van der Waals surface area contributed by atoms with E-state index in [1.54, 1.807) is 12.1 Å². The Morgan fingerprint density at radius 1 is 1.25 bits per heavy atom. The first-order valence-electron chi connectivity index (χ1n) is 6.65. The van der Waals surface area contributed by atoms with E-state index < -0.39 is 0 Å². The third kappa shape index (κ3) is 2.36. The number of fused-ring (bicyclic) bond motifs is 1. The van der Waals surface area contributed by atoms with Crippen LogP contribution in [-0.4, -0.2) is 16.5 Å². The number of anilines is 2. The molecule has 0 saturated carbocycles. The van der Waals surface area contributed by atoms with Gasteiger partial charge in [-0.05, 0) is 24.1 Å². The molecule has 20 heavy (non-hydrogen) atoms. The first-order chi connectivity index (χ1) is 9.54. The van der Waals surface area contributed by atoms with E-state index in [-0.39, 0.29) is 11.7 Å². The van der Waals surface area contributed by atoms with Crippen molar-refractivity contribution in [2.45, 2.75) is 26.2 Å². The van der Waals surface area contributed by atoms with Crippen LogP contribution >= 0.6 is 11.6 Å². The standard InChI is InChI=1S/C15H15ClFN3/c1-9(2)15-18-13(16)8-14(19-15)20-6-5-10-3-4-11(17)7-12(10)20/h3-4,7-9H,5-6H2,1-2H3. The zero-order valence-electron chi connectivity index (χ0n) is 11.4. The molecule has 0 fully saturated rings. The number of benzene rings is 1. The molecular formula is C15H15ClFN3. The number of hydrogen-bond acceptors (Lipinski definition) is 3. The van der Waals surface area contributed by atoms with Gasteiger partial charge in [-0.2, -0.15) is 0 Å². The van der Waals surface area contributed by atoms with Gasteiger partial charge in [-0.15, -0.1) is 0 Å². The van der Waals surface area contributed by atoms with Gasteiger partial charge in [-0.3, -0.25) is 0 Å². The van der Waals surface area contributed by atoms with Crippen LogP contribution in [0.1, 0.15) is 31.2 Å². The van der Waals surface area contributed by atoms with E-state index in [9.17, 15) is 4.39 Å². The van der Waals surface area contributed by atoms with Crippen molar-refractivity contribution in [2.24, 2.45) is 0 Å². The van der Waals surface area contributed by atoms with Gasteiger partial charge in [-0.1, -0.05) is 31.5 Å². The van der Waals surface area contributed by atoms with Gasteiger partial charge in [-0.25, -0.2) is 14.4 Å². The van der Waals surface area contributed by atoms with E-state index in [0.29, 0.717) is 11.0 Å². The quantitative estimate of drug-likeness (QED) is 0.781. The maximum Gasteiger partial charge on any atom is 0.138 e. The summed E-state index contributed by atoms with van der Waals surface area (Å²) in [5, 5.41) is 0.420.